The van der Waals surface area contributed by atoms with Gasteiger partial charge in [-0.3, -0.25) is 9.59 Å². The number of rotatable bonds is 9. The molecule has 0 aromatic rings. The van der Waals surface area contributed by atoms with Crippen LogP contribution in [0.4, 0.5) is 0 Å². The van der Waals surface area contributed by atoms with Crippen molar-refractivity contribution in [1.29, 1.82) is 0 Å². The molecule has 1 N–H and O–H groups in total. The topological polar surface area (TPSA) is 75.7 Å². The normalized spacial score (nSPS) is 18.2. The van der Waals surface area contributed by atoms with Gasteiger partial charge in [-0.05, 0) is 38.5 Å². The average Bonchev–Trinajstić information content (AvgIpc) is 2.63. The number of carbonyl (C=O) groups excluding carboxylic acids is 3. The van der Waals surface area contributed by atoms with Crippen molar-refractivity contribution in [3.63, 3.8) is 0 Å². The highest BCUT2D eigenvalue weighted by Gasteiger charge is 2.34. The molecule has 148 valence electrons. The monoisotopic (exact) mass is 366 g/mol. The maximum atomic E-state index is 13.1. The van der Waals surface area contributed by atoms with Gasteiger partial charge in [-0.1, -0.05) is 39.2 Å². The average molecular weight is 367 g/mol. The van der Waals surface area contributed by atoms with Crippen LogP contribution in [0.25, 0.3) is 0 Å². The zero-order chi connectivity index (χ0) is 19.7. The largest absolute Gasteiger partial charge is 0.463 e. The summed E-state index contributed by atoms with van der Waals surface area (Å²) in [7, 11) is 1.74. The van der Waals surface area contributed by atoms with E-state index in [0.29, 0.717) is 18.6 Å². The number of nitrogens with one attached hydrogen (secondary N) is 1. The van der Waals surface area contributed by atoms with Gasteiger partial charge < -0.3 is 15.0 Å². The van der Waals surface area contributed by atoms with Gasteiger partial charge in [0.05, 0.1) is 12.6 Å². The fourth-order valence-electron chi connectivity index (χ4n) is 3.64. The van der Waals surface area contributed by atoms with Crippen LogP contribution in [-0.4, -0.2) is 48.9 Å². The van der Waals surface area contributed by atoms with E-state index in [-0.39, 0.29) is 29.8 Å². The minimum absolute atomic E-state index is 0.101. The molecule has 0 radical (unpaired) electrons. The van der Waals surface area contributed by atoms with E-state index >= 15 is 0 Å². The number of amides is 2. The Labute approximate surface area is 157 Å². The maximum absolute atomic E-state index is 13.1. The lowest BCUT2D eigenvalue weighted by Gasteiger charge is -2.36. The Morgan fingerprint density at radius 2 is 1.85 bits per heavy atom. The summed E-state index contributed by atoms with van der Waals surface area (Å²) in [5.74, 6) is -0.173. The summed E-state index contributed by atoms with van der Waals surface area (Å²) in [6.07, 6.45) is 7.69. The second-order valence-electron chi connectivity index (χ2n) is 7.41. The molecule has 0 heterocycles. The first-order chi connectivity index (χ1) is 12.3. The summed E-state index contributed by atoms with van der Waals surface area (Å²) < 4.78 is 5.04. The number of hydrogen-bond acceptors (Lipinski definition) is 4. The van der Waals surface area contributed by atoms with Crippen molar-refractivity contribution in [1.82, 2.24) is 10.2 Å². The van der Waals surface area contributed by atoms with Crippen molar-refractivity contribution in [2.75, 3.05) is 13.7 Å². The Balaban J connectivity index is 2.98. The molecule has 2 atom stereocenters. The van der Waals surface area contributed by atoms with Crippen LogP contribution in [0.15, 0.2) is 11.6 Å². The fraction of sp³-hybridized carbons (Fsp3) is 0.750. The molecule has 1 fully saturated rings. The van der Waals surface area contributed by atoms with Crippen LogP contribution in [0, 0.1) is 11.8 Å². The standard InChI is InChI=1S/C20H34N2O4/c1-6-26-20(25)15(4)12-17(14(2)3)22(5)19(24)18(21-13-23)16-10-8-7-9-11-16/h12-14,16-18H,6-11H2,1-5H3,(H,21,23)/t17-,18-/m1/s1. The summed E-state index contributed by atoms with van der Waals surface area (Å²) in [5.41, 5.74) is 0.489. The van der Waals surface area contributed by atoms with Crippen LogP contribution >= 0.6 is 0 Å². The summed E-state index contributed by atoms with van der Waals surface area (Å²) in [4.78, 5) is 37.8. The number of ether oxygens (including phenoxy) is 1. The number of esters is 1. The zero-order valence-corrected chi connectivity index (χ0v) is 16.8. The molecule has 6 nitrogen and oxygen atoms in total. The van der Waals surface area contributed by atoms with E-state index in [1.54, 1.807) is 31.9 Å². The van der Waals surface area contributed by atoms with Crippen molar-refractivity contribution in [3.05, 3.63) is 11.6 Å². The molecule has 1 saturated carbocycles. The first-order valence-corrected chi connectivity index (χ1v) is 9.65. The van der Waals surface area contributed by atoms with Gasteiger partial charge in [-0.2, -0.15) is 0 Å². The van der Waals surface area contributed by atoms with E-state index in [0.717, 1.165) is 25.7 Å². The minimum atomic E-state index is -0.504. The van der Waals surface area contributed by atoms with E-state index in [4.69, 9.17) is 4.74 Å². The third-order valence-corrected chi connectivity index (χ3v) is 5.13. The van der Waals surface area contributed by atoms with Crippen LogP contribution in [0.2, 0.25) is 0 Å². The van der Waals surface area contributed by atoms with Crippen molar-refractivity contribution in [2.45, 2.75) is 71.9 Å². The molecule has 1 rings (SSSR count). The first kappa shape index (κ1) is 22.2. The second kappa shape index (κ2) is 11.0. The van der Waals surface area contributed by atoms with Crippen LogP contribution in [0.5, 0.6) is 0 Å². The molecule has 0 bridgehead atoms. The summed E-state index contributed by atoms with van der Waals surface area (Å²) in [6.45, 7) is 7.80. The molecule has 6 heteroatoms. The highest BCUT2D eigenvalue weighted by atomic mass is 16.5. The lowest BCUT2D eigenvalue weighted by atomic mass is 9.83. The molecule has 0 saturated heterocycles. The van der Waals surface area contributed by atoms with E-state index < -0.39 is 6.04 Å². The fourth-order valence-corrected chi connectivity index (χ4v) is 3.64. The molecule has 1 aliphatic rings. The molecular weight excluding hydrogens is 332 g/mol. The highest BCUT2D eigenvalue weighted by molar-refractivity contribution is 5.88. The lowest BCUT2D eigenvalue weighted by molar-refractivity contribution is -0.139. The third-order valence-electron chi connectivity index (χ3n) is 5.13. The van der Waals surface area contributed by atoms with Gasteiger partial charge >= 0.3 is 5.97 Å². The zero-order valence-electron chi connectivity index (χ0n) is 16.8. The van der Waals surface area contributed by atoms with Crippen molar-refractivity contribution in [3.8, 4) is 0 Å². The number of nitrogens with zero attached hydrogens (tertiary/aromatic N) is 1. The van der Waals surface area contributed by atoms with Gasteiger partial charge in [0, 0.05) is 12.6 Å². The first-order valence-electron chi connectivity index (χ1n) is 9.65. The third kappa shape index (κ3) is 6.15. The SMILES string of the molecule is CCOC(=O)C(C)=C[C@H](C(C)C)N(C)C(=O)[C@H](NC=O)C1CCCCC1. The van der Waals surface area contributed by atoms with Gasteiger partial charge in [0.15, 0.2) is 0 Å². The molecule has 0 aromatic carbocycles. The quantitative estimate of drug-likeness (QED) is 0.387. The Morgan fingerprint density at radius 1 is 1.23 bits per heavy atom. The summed E-state index contributed by atoms with van der Waals surface area (Å²) >= 11 is 0. The van der Waals surface area contributed by atoms with Crippen LogP contribution in [0.3, 0.4) is 0 Å². The summed E-state index contributed by atoms with van der Waals surface area (Å²) in [6, 6.07) is -0.748. The Bertz CT molecular complexity index is 510. The Hall–Kier alpha value is -1.85. The van der Waals surface area contributed by atoms with Crippen molar-refractivity contribution < 1.29 is 19.1 Å². The van der Waals surface area contributed by atoms with Gasteiger partial charge in [0.2, 0.25) is 12.3 Å². The summed E-state index contributed by atoms with van der Waals surface area (Å²) in [5, 5.41) is 2.74. The van der Waals surface area contributed by atoms with Gasteiger partial charge in [0.1, 0.15) is 6.04 Å². The van der Waals surface area contributed by atoms with Gasteiger partial charge in [0.25, 0.3) is 0 Å². The number of likely N-dealkylation sites (N-methyl/N-ethyl adjacent to an activating group) is 1. The molecule has 2 amide bonds. The van der Waals surface area contributed by atoms with Gasteiger partial charge in [-0.15, -0.1) is 0 Å². The molecule has 0 aromatic heterocycles. The van der Waals surface area contributed by atoms with Crippen molar-refractivity contribution >= 4 is 18.3 Å². The molecule has 1 aliphatic carbocycles. The van der Waals surface area contributed by atoms with Crippen molar-refractivity contribution in [2.24, 2.45) is 11.8 Å². The van der Waals surface area contributed by atoms with Crippen LogP contribution in [-0.2, 0) is 19.1 Å². The van der Waals surface area contributed by atoms with E-state index in [9.17, 15) is 14.4 Å². The molecule has 0 spiro atoms. The van der Waals surface area contributed by atoms with Crippen LogP contribution in [0.1, 0.15) is 59.8 Å². The van der Waals surface area contributed by atoms with Gasteiger partial charge in [-0.25, -0.2) is 4.79 Å². The maximum Gasteiger partial charge on any atom is 0.333 e. The molecular formula is C20H34N2O4. The molecule has 0 unspecified atom stereocenters. The molecule has 26 heavy (non-hydrogen) atoms. The predicted molar refractivity (Wildman–Crippen MR) is 101 cm³/mol. The second-order valence-corrected chi connectivity index (χ2v) is 7.41. The van der Waals surface area contributed by atoms with Crippen LogP contribution < -0.4 is 5.32 Å². The van der Waals surface area contributed by atoms with E-state index in [2.05, 4.69) is 5.32 Å². The number of hydrogen-bond donors (Lipinski definition) is 1. The minimum Gasteiger partial charge on any atom is -0.463 e. The van der Waals surface area contributed by atoms with E-state index in [1.165, 1.54) is 6.42 Å². The lowest BCUT2D eigenvalue weighted by Crippen LogP contribution is -2.52. The Morgan fingerprint density at radius 3 is 2.35 bits per heavy atom. The highest BCUT2D eigenvalue weighted by Crippen LogP contribution is 2.28. The smallest absolute Gasteiger partial charge is 0.333 e. The molecule has 0 aliphatic heterocycles. The Kier molecular flexibility index (Phi) is 9.38. The number of carbonyl (C=O) groups is 3. The predicted octanol–water partition coefficient (Wildman–Crippen LogP) is 2.67. The van der Waals surface area contributed by atoms with E-state index in [1.807, 2.05) is 13.8 Å².